The van der Waals surface area contributed by atoms with Crippen molar-refractivity contribution >= 4 is 5.96 Å². The lowest BCUT2D eigenvalue weighted by Crippen LogP contribution is -2.32. The molecule has 0 spiro atoms. The van der Waals surface area contributed by atoms with Crippen LogP contribution in [0.15, 0.2) is 4.99 Å². The summed E-state index contributed by atoms with van der Waals surface area (Å²) in [7, 11) is 0. The molecule has 0 aromatic heterocycles. The fourth-order valence-electron chi connectivity index (χ4n) is 2.98. The van der Waals surface area contributed by atoms with E-state index in [0.29, 0.717) is 5.96 Å². The normalized spacial score (nSPS) is 11.8. The standard InChI is InChI=1S/C21H45N3/c1-3-5-7-9-11-13-15-17-19-23-21(22)24-20-18-16-14-12-10-8-6-4-2/h3-20H2,1-2H3,(H3,22,23,24). The van der Waals surface area contributed by atoms with Crippen molar-refractivity contribution in [1.82, 2.24) is 5.32 Å². The molecule has 0 rings (SSSR count). The number of hydrogen-bond donors (Lipinski definition) is 2. The van der Waals surface area contributed by atoms with Gasteiger partial charge in [-0.1, -0.05) is 104 Å². The molecule has 0 aliphatic rings. The van der Waals surface area contributed by atoms with Gasteiger partial charge in [0.25, 0.3) is 0 Å². The summed E-state index contributed by atoms with van der Waals surface area (Å²) in [6, 6.07) is 0. The predicted octanol–water partition coefficient (Wildman–Crippen LogP) is 6.17. The van der Waals surface area contributed by atoms with Crippen LogP contribution in [-0.4, -0.2) is 19.0 Å². The number of nitrogens with two attached hydrogens (primary N) is 1. The number of nitrogens with zero attached hydrogens (tertiary/aromatic N) is 1. The molecule has 24 heavy (non-hydrogen) atoms. The Balaban J connectivity index is 3.23. The summed E-state index contributed by atoms with van der Waals surface area (Å²) < 4.78 is 0. The zero-order valence-electron chi connectivity index (χ0n) is 16.8. The Morgan fingerprint density at radius 3 is 1.54 bits per heavy atom. The first kappa shape index (κ1) is 23.3. The lowest BCUT2D eigenvalue weighted by molar-refractivity contribution is 0.571. The second kappa shape index (κ2) is 20.3. The molecule has 0 bridgehead atoms. The molecule has 0 atom stereocenters. The zero-order valence-corrected chi connectivity index (χ0v) is 16.8. The van der Waals surface area contributed by atoms with Gasteiger partial charge >= 0.3 is 0 Å². The smallest absolute Gasteiger partial charge is 0.188 e. The monoisotopic (exact) mass is 339 g/mol. The highest BCUT2D eigenvalue weighted by Gasteiger charge is 1.94. The molecular formula is C21H45N3. The summed E-state index contributed by atoms with van der Waals surface area (Å²) in [4.78, 5) is 4.42. The summed E-state index contributed by atoms with van der Waals surface area (Å²) in [5.74, 6) is 0.640. The molecule has 0 aromatic rings. The van der Waals surface area contributed by atoms with Gasteiger partial charge in [0.1, 0.15) is 0 Å². The number of rotatable bonds is 18. The van der Waals surface area contributed by atoms with E-state index in [1.54, 1.807) is 0 Å². The van der Waals surface area contributed by atoms with E-state index in [-0.39, 0.29) is 0 Å². The predicted molar refractivity (Wildman–Crippen MR) is 110 cm³/mol. The molecule has 0 radical (unpaired) electrons. The summed E-state index contributed by atoms with van der Waals surface area (Å²) >= 11 is 0. The van der Waals surface area contributed by atoms with E-state index in [4.69, 9.17) is 5.73 Å². The van der Waals surface area contributed by atoms with Crippen LogP contribution in [0.25, 0.3) is 0 Å². The van der Waals surface area contributed by atoms with E-state index in [1.807, 2.05) is 0 Å². The Labute approximate surface area is 152 Å². The molecule has 3 N–H and O–H groups in total. The highest BCUT2D eigenvalue weighted by atomic mass is 15.1. The van der Waals surface area contributed by atoms with E-state index < -0.39 is 0 Å². The van der Waals surface area contributed by atoms with Gasteiger partial charge < -0.3 is 11.1 Å². The third kappa shape index (κ3) is 19.3. The van der Waals surface area contributed by atoms with E-state index in [1.165, 1.54) is 103 Å². The van der Waals surface area contributed by atoms with Crippen molar-refractivity contribution in [2.45, 2.75) is 117 Å². The van der Waals surface area contributed by atoms with Gasteiger partial charge in [0.2, 0.25) is 0 Å². The Hall–Kier alpha value is -0.730. The quantitative estimate of drug-likeness (QED) is 0.178. The first-order valence-corrected chi connectivity index (χ1v) is 10.8. The minimum Gasteiger partial charge on any atom is -0.370 e. The summed E-state index contributed by atoms with van der Waals surface area (Å²) in [6.45, 7) is 6.39. The van der Waals surface area contributed by atoms with Crippen molar-refractivity contribution in [2.75, 3.05) is 13.1 Å². The Morgan fingerprint density at radius 2 is 1.04 bits per heavy atom. The summed E-state index contributed by atoms with van der Waals surface area (Å²) in [5.41, 5.74) is 5.90. The highest BCUT2D eigenvalue weighted by Crippen LogP contribution is 2.09. The molecule has 0 saturated heterocycles. The van der Waals surface area contributed by atoms with Crippen LogP contribution >= 0.6 is 0 Å². The van der Waals surface area contributed by atoms with E-state index in [9.17, 15) is 0 Å². The Morgan fingerprint density at radius 1 is 0.625 bits per heavy atom. The molecule has 0 saturated carbocycles. The van der Waals surface area contributed by atoms with Gasteiger partial charge in [-0.05, 0) is 12.8 Å². The maximum Gasteiger partial charge on any atom is 0.188 e. The Kier molecular flexibility index (Phi) is 19.7. The van der Waals surface area contributed by atoms with Crippen LogP contribution in [0, 0.1) is 0 Å². The van der Waals surface area contributed by atoms with E-state index in [0.717, 1.165) is 13.1 Å². The molecule has 144 valence electrons. The fourth-order valence-corrected chi connectivity index (χ4v) is 2.98. The number of hydrogen-bond acceptors (Lipinski definition) is 1. The van der Waals surface area contributed by atoms with Gasteiger partial charge in [0.05, 0.1) is 0 Å². The van der Waals surface area contributed by atoms with Crippen LogP contribution in [0.4, 0.5) is 0 Å². The maximum atomic E-state index is 5.90. The fraction of sp³-hybridized carbons (Fsp3) is 0.952. The largest absolute Gasteiger partial charge is 0.370 e. The molecule has 0 unspecified atom stereocenters. The van der Waals surface area contributed by atoms with Crippen LogP contribution in [-0.2, 0) is 0 Å². The van der Waals surface area contributed by atoms with Gasteiger partial charge in [-0.2, -0.15) is 0 Å². The van der Waals surface area contributed by atoms with Gasteiger partial charge in [-0.3, -0.25) is 4.99 Å². The topological polar surface area (TPSA) is 50.4 Å². The first-order valence-electron chi connectivity index (χ1n) is 10.8. The molecule has 0 aliphatic carbocycles. The maximum absolute atomic E-state index is 5.90. The molecule has 0 fully saturated rings. The van der Waals surface area contributed by atoms with Crippen molar-refractivity contribution in [3.05, 3.63) is 0 Å². The number of unbranched alkanes of at least 4 members (excludes halogenated alkanes) is 14. The minimum atomic E-state index is 0.640. The van der Waals surface area contributed by atoms with Crippen LogP contribution in [0.2, 0.25) is 0 Å². The lowest BCUT2D eigenvalue weighted by Gasteiger charge is -2.06. The Bertz CT molecular complexity index is 264. The third-order valence-corrected chi connectivity index (χ3v) is 4.63. The molecule has 0 aromatic carbocycles. The van der Waals surface area contributed by atoms with Crippen LogP contribution in [0.1, 0.15) is 117 Å². The lowest BCUT2D eigenvalue weighted by atomic mass is 10.1. The highest BCUT2D eigenvalue weighted by molar-refractivity contribution is 5.77. The van der Waals surface area contributed by atoms with Crippen molar-refractivity contribution in [1.29, 1.82) is 0 Å². The van der Waals surface area contributed by atoms with Gasteiger partial charge in [-0.15, -0.1) is 0 Å². The van der Waals surface area contributed by atoms with Crippen molar-refractivity contribution in [3.63, 3.8) is 0 Å². The van der Waals surface area contributed by atoms with Gasteiger partial charge in [0, 0.05) is 13.1 Å². The summed E-state index contributed by atoms with van der Waals surface area (Å²) in [5, 5.41) is 3.25. The number of aliphatic imine (C=N–C) groups is 1. The minimum absolute atomic E-state index is 0.640. The molecule has 0 aliphatic heterocycles. The molecule has 3 nitrogen and oxygen atoms in total. The number of guanidine groups is 1. The second-order valence-electron chi connectivity index (χ2n) is 7.14. The SMILES string of the molecule is CCCCCCCCCCN=C(N)NCCCCCCCCCC. The molecule has 3 heteroatoms. The van der Waals surface area contributed by atoms with E-state index in [2.05, 4.69) is 24.2 Å². The van der Waals surface area contributed by atoms with Crippen molar-refractivity contribution in [3.8, 4) is 0 Å². The zero-order chi connectivity index (χ0) is 17.7. The van der Waals surface area contributed by atoms with Crippen LogP contribution < -0.4 is 11.1 Å². The first-order chi connectivity index (χ1) is 11.8. The van der Waals surface area contributed by atoms with E-state index >= 15 is 0 Å². The molecule has 0 heterocycles. The average Bonchev–Trinajstić information content (AvgIpc) is 2.59. The third-order valence-electron chi connectivity index (χ3n) is 4.63. The average molecular weight is 340 g/mol. The second-order valence-corrected chi connectivity index (χ2v) is 7.14. The summed E-state index contributed by atoms with van der Waals surface area (Å²) in [6.07, 6.45) is 21.6. The van der Waals surface area contributed by atoms with Crippen LogP contribution in [0.3, 0.4) is 0 Å². The molecule has 0 amide bonds. The van der Waals surface area contributed by atoms with Crippen molar-refractivity contribution < 1.29 is 0 Å². The van der Waals surface area contributed by atoms with Gasteiger partial charge in [-0.25, -0.2) is 0 Å². The number of nitrogens with one attached hydrogen (secondary N) is 1. The van der Waals surface area contributed by atoms with Gasteiger partial charge in [0.15, 0.2) is 5.96 Å². The molecular weight excluding hydrogens is 294 g/mol. The van der Waals surface area contributed by atoms with Crippen LogP contribution in [0.5, 0.6) is 0 Å². The van der Waals surface area contributed by atoms with Crippen molar-refractivity contribution in [2.24, 2.45) is 10.7 Å².